The van der Waals surface area contributed by atoms with Crippen LogP contribution in [0.15, 0.2) is 36.5 Å². The fourth-order valence-corrected chi connectivity index (χ4v) is 11.5. The number of pyridine rings is 1. The largest absolute Gasteiger partial charge is 0.481 e. The molecule has 3 fully saturated rings. The summed E-state index contributed by atoms with van der Waals surface area (Å²) in [5.74, 6) is 0.0447. The van der Waals surface area contributed by atoms with E-state index >= 15 is 4.39 Å². The Morgan fingerprint density at radius 2 is 1.78 bits per heavy atom. The zero-order valence-corrected chi connectivity index (χ0v) is 36.6. The molecule has 2 aromatic heterocycles. The highest BCUT2D eigenvalue weighted by molar-refractivity contribution is 7.53. The third kappa shape index (κ3) is 9.05. The van der Waals surface area contributed by atoms with E-state index in [2.05, 4.69) is 10.2 Å². The van der Waals surface area contributed by atoms with Crippen LogP contribution in [0.4, 0.5) is 19.4 Å². The molecule has 0 radical (unpaired) electrons. The molecule has 3 atom stereocenters. The number of anilines is 1. The molecule has 1 N–H and O–H groups in total. The molecule has 13 nitrogen and oxygen atoms in total. The number of carbonyl (C=O) groups is 1. The van der Waals surface area contributed by atoms with Crippen LogP contribution in [0.3, 0.4) is 0 Å². The highest BCUT2D eigenvalue weighted by Gasteiger charge is 2.49. The molecule has 0 saturated carbocycles. The normalized spacial score (nSPS) is 24.1. The van der Waals surface area contributed by atoms with Crippen LogP contribution in [0.1, 0.15) is 92.6 Å². The number of carbonyl (C=O) groups excluding carboxylic acids is 1. The highest BCUT2D eigenvalue weighted by Crippen LogP contribution is 2.54. The number of rotatable bonds is 8. The second-order valence-corrected chi connectivity index (χ2v) is 20.9. The number of fused-ring (bicyclic) bond motifs is 7. The van der Waals surface area contributed by atoms with Crippen molar-refractivity contribution in [2.75, 3.05) is 50.6 Å². The number of aromatic nitrogens is 3. The van der Waals surface area contributed by atoms with Gasteiger partial charge in [0.2, 0.25) is 0 Å². The lowest BCUT2D eigenvalue weighted by Crippen LogP contribution is -2.57. The van der Waals surface area contributed by atoms with E-state index in [4.69, 9.17) is 38.2 Å². The van der Waals surface area contributed by atoms with Gasteiger partial charge in [-0.1, -0.05) is 18.2 Å². The van der Waals surface area contributed by atoms with Gasteiger partial charge in [0, 0.05) is 37.8 Å². The van der Waals surface area contributed by atoms with Crippen molar-refractivity contribution in [1.29, 1.82) is 0 Å². The summed E-state index contributed by atoms with van der Waals surface area (Å²) in [6.45, 7) is 15.2. The molecular formula is C44H57F2N6O7P. The van der Waals surface area contributed by atoms with Gasteiger partial charge in [-0.15, -0.1) is 0 Å². The van der Waals surface area contributed by atoms with Crippen LogP contribution in [0.2, 0.25) is 0 Å². The van der Waals surface area contributed by atoms with Gasteiger partial charge in [0.25, 0.3) is 0 Å². The summed E-state index contributed by atoms with van der Waals surface area (Å²) >= 11 is 0. The van der Waals surface area contributed by atoms with Crippen LogP contribution in [-0.4, -0.2) is 100 Å². The fraction of sp³-hybridized carbons (Fsp3) is 0.591. The number of alkyl carbamates (subject to hydrolysis) is 1. The number of hydrogen-bond donors (Lipinski definition) is 1. The molecule has 7 heterocycles. The van der Waals surface area contributed by atoms with Gasteiger partial charge in [0.1, 0.15) is 35.6 Å². The number of nitrogens with one attached hydrogen (secondary N) is 1. The molecule has 1 amide bonds. The van der Waals surface area contributed by atoms with Gasteiger partial charge in [-0.3, -0.25) is 14.4 Å². The Kier molecular flexibility index (Phi) is 11.3. The Balaban J connectivity index is 1.27. The van der Waals surface area contributed by atoms with Crippen molar-refractivity contribution in [3.8, 4) is 23.0 Å². The zero-order valence-electron chi connectivity index (χ0n) is 35.7. The topological polar surface area (TPSA) is 137 Å². The van der Waals surface area contributed by atoms with Crippen LogP contribution in [0.25, 0.3) is 32.9 Å². The minimum Gasteiger partial charge on any atom is -0.481 e. The van der Waals surface area contributed by atoms with Gasteiger partial charge < -0.3 is 33.5 Å². The molecule has 4 aromatic rings. The monoisotopic (exact) mass is 850 g/mol. The minimum atomic E-state index is -3.82. The van der Waals surface area contributed by atoms with Crippen LogP contribution in [-0.2, 0) is 24.8 Å². The molecule has 0 unspecified atom stereocenters. The van der Waals surface area contributed by atoms with E-state index in [0.29, 0.717) is 67.8 Å². The number of amides is 1. The van der Waals surface area contributed by atoms with E-state index in [9.17, 15) is 13.8 Å². The second-order valence-electron chi connectivity index (χ2n) is 19.1. The fourth-order valence-electron chi connectivity index (χ4n) is 9.41. The van der Waals surface area contributed by atoms with Crippen LogP contribution in [0, 0.1) is 5.82 Å². The lowest BCUT2D eigenvalue weighted by atomic mass is 9.91. The maximum absolute atomic E-state index is 17.7. The summed E-state index contributed by atoms with van der Waals surface area (Å²) < 4.78 is 76.9. The number of ether oxygens (including phenoxy) is 3. The number of alkyl halides is 1. The second kappa shape index (κ2) is 15.9. The quantitative estimate of drug-likeness (QED) is 0.169. The smallest absolute Gasteiger partial charge is 0.407 e. The van der Waals surface area contributed by atoms with Gasteiger partial charge in [0.05, 0.1) is 34.3 Å². The third-order valence-corrected chi connectivity index (χ3v) is 13.7. The van der Waals surface area contributed by atoms with Crippen LogP contribution < -0.4 is 19.7 Å². The molecule has 6 bridgehead atoms. The van der Waals surface area contributed by atoms with Gasteiger partial charge >= 0.3 is 19.7 Å². The maximum Gasteiger partial charge on any atom is 0.407 e. The van der Waals surface area contributed by atoms with Gasteiger partial charge in [-0.05, 0) is 122 Å². The summed E-state index contributed by atoms with van der Waals surface area (Å²) in [5.41, 5.74) is -1.40. The van der Waals surface area contributed by atoms with Crippen molar-refractivity contribution in [2.45, 2.75) is 122 Å². The van der Waals surface area contributed by atoms with Crippen molar-refractivity contribution in [3.05, 3.63) is 47.9 Å². The van der Waals surface area contributed by atoms with Gasteiger partial charge in [-0.2, -0.15) is 9.97 Å². The minimum absolute atomic E-state index is 0.0122. The van der Waals surface area contributed by atoms with E-state index < -0.39 is 54.3 Å². The number of benzene rings is 2. The summed E-state index contributed by atoms with van der Waals surface area (Å²) in [5, 5.41) is 4.92. The van der Waals surface area contributed by atoms with Crippen molar-refractivity contribution in [2.24, 2.45) is 0 Å². The zero-order chi connectivity index (χ0) is 42.7. The molecule has 0 aliphatic carbocycles. The third-order valence-electron chi connectivity index (χ3n) is 11.6. The predicted octanol–water partition coefficient (Wildman–Crippen LogP) is 9.13. The first-order valence-electron chi connectivity index (χ1n) is 21.1. The molecule has 5 aliphatic rings. The van der Waals surface area contributed by atoms with Crippen molar-refractivity contribution in [1.82, 2.24) is 25.2 Å². The summed E-state index contributed by atoms with van der Waals surface area (Å²) in [7, 11) is -3.82. The lowest BCUT2D eigenvalue weighted by molar-refractivity contribution is 0.0419. The first kappa shape index (κ1) is 42.5. The van der Waals surface area contributed by atoms with E-state index in [-0.39, 0.29) is 30.4 Å². The number of piperidine rings is 1. The Morgan fingerprint density at radius 1 is 1.02 bits per heavy atom. The summed E-state index contributed by atoms with van der Waals surface area (Å²) in [6.07, 6.45) is 4.26. The van der Waals surface area contributed by atoms with E-state index in [1.807, 2.05) is 36.1 Å². The first-order valence-corrected chi connectivity index (χ1v) is 22.8. The summed E-state index contributed by atoms with van der Waals surface area (Å²) in [6, 6.07) is 9.24. The van der Waals surface area contributed by atoms with E-state index in [1.54, 1.807) is 53.8 Å². The van der Waals surface area contributed by atoms with Crippen molar-refractivity contribution in [3.63, 3.8) is 0 Å². The SMILES string of the molecule is CC(C)(C)OP(=O)(COc1cc2c3c(cccc3c1)CCCOC(=O)N[C@]1(C)CCCN(C1)c1nc(OC[C@@]34CCCN3C[C@H](F)C4)nc3c(F)c-2ncc13)OC(C)(C)C. The number of nitrogens with zero attached hydrogens (tertiary/aromatic N) is 5. The van der Waals surface area contributed by atoms with Crippen LogP contribution >= 0.6 is 7.60 Å². The Hall–Kier alpha value is -4.17. The first-order chi connectivity index (χ1) is 28.3. The van der Waals surface area contributed by atoms with Crippen molar-refractivity contribution >= 4 is 41.2 Å². The van der Waals surface area contributed by atoms with E-state index in [1.165, 1.54) is 0 Å². The average Bonchev–Trinajstić information content (AvgIpc) is 3.68. The van der Waals surface area contributed by atoms with Crippen molar-refractivity contribution < 1.29 is 41.4 Å². The molecule has 324 valence electrons. The lowest BCUT2D eigenvalue weighted by Gasteiger charge is -2.41. The maximum atomic E-state index is 17.7. The molecule has 9 rings (SSSR count). The molecular weight excluding hydrogens is 793 g/mol. The molecule has 16 heteroatoms. The number of hydrogen-bond acceptors (Lipinski definition) is 12. The molecule has 0 spiro atoms. The number of halogens is 2. The molecule has 5 aliphatic heterocycles. The Bertz CT molecular complexity index is 2320. The van der Waals surface area contributed by atoms with Gasteiger partial charge in [-0.25, -0.2) is 13.6 Å². The standard InChI is InChI=1S/C44H57F2N6O7P/c1-41(2,3)58-60(54,59-42(4,5)6)27-57-31-20-29-13-8-12-28-14-9-19-55-40(53)50-43(7)15-10-17-51(25-43)38-33-23-47-36(32(21-31)34(28)29)35(46)37(33)48-39(49-38)56-26-44-16-11-18-52(44)24-30(45)22-44/h8,12-13,20-21,23,30H,9-11,14-19,22,24-27H2,1-7H3,(H,50,53)/t30-,43-,44+/m1/s1. The van der Waals surface area contributed by atoms with Gasteiger partial charge in [0.15, 0.2) is 12.2 Å². The Labute approximate surface area is 350 Å². The van der Waals surface area contributed by atoms with E-state index in [0.717, 1.165) is 42.1 Å². The number of aryl methyl sites for hydroxylation is 1. The molecule has 2 aromatic carbocycles. The average molecular weight is 851 g/mol. The van der Waals surface area contributed by atoms with Crippen LogP contribution in [0.5, 0.6) is 11.8 Å². The Morgan fingerprint density at radius 3 is 2.55 bits per heavy atom. The summed E-state index contributed by atoms with van der Waals surface area (Å²) in [4.78, 5) is 31.8. The molecule has 60 heavy (non-hydrogen) atoms. The predicted molar refractivity (Wildman–Crippen MR) is 226 cm³/mol. The molecule has 3 saturated heterocycles. The highest BCUT2D eigenvalue weighted by atomic mass is 31.2.